The van der Waals surface area contributed by atoms with E-state index in [4.69, 9.17) is 14.2 Å². The molecular weight excluding hydrogens is 418 g/mol. The van der Waals surface area contributed by atoms with Crippen molar-refractivity contribution < 1.29 is 24.1 Å². The molecular formula is C27H29NO5. The van der Waals surface area contributed by atoms with Crippen LogP contribution in [0.1, 0.15) is 35.6 Å². The first kappa shape index (κ1) is 22.7. The number of benzene rings is 3. The summed E-state index contributed by atoms with van der Waals surface area (Å²) in [5.74, 6) is 1.20. The van der Waals surface area contributed by atoms with E-state index in [-0.39, 0.29) is 6.04 Å². The third kappa shape index (κ3) is 5.12. The Balaban J connectivity index is 1.70. The lowest BCUT2D eigenvalue weighted by molar-refractivity contribution is -0.142. The second-order valence-electron chi connectivity index (χ2n) is 8.10. The molecule has 4 rings (SSSR count). The normalized spacial score (nSPS) is 16.8. The zero-order chi connectivity index (χ0) is 23.2. The summed E-state index contributed by atoms with van der Waals surface area (Å²) >= 11 is 0. The third-order valence-corrected chi connectivity index (χ3v) is 6.06. The van der Waals surface area contributed by atoms with Crippen LogP contribution in [0.5, 0.6) is 17.2 Å². The van der Waals surface area contributed by atoms with Crippen molar-refractivity contribution in [1.29, 1.82) is 0 Å². The van der Waals surface area contributed by atoms with Gasteiger partial charge in [0, 0.05) is 6.54 Å². The summed E-state index contributed by atoms with van der Waals surface area (Å²) in [6.45, 7) is 1.16. The first-order valence-electron chi connectivity index (χ1n) is 11.1. The minimum atomic E-state index is -0.797. The van der Waals surface area contributed by atoms with Crippen LogP contribution in [-0.2, 0) is 11.4 Å². The molecule has 1 heterocycles. The van der Waals surface area contributed by atoms with Crippen molar-refractivity contribution in [3.05, 3.63) is 89.5 Å². The summed E-state index contributed by atoms with van der Waals surface area (Å²) < 4.78 is 17.0. The number of hydrogen-bond acceptors (Lipinski definition) is 5. The second kappa shape index (κ2) is 10.4. The molecule has 33 heavy (non-hydrogen) atoms. The van der Waals surface area contributed by atoms with Crippen molar-refractivity contribution in [2.75, 3.05) is 20.8 Å². The highest BCUT2D eigenvalue weighted by Gasteiger charge is 2.37. The molecule has 0 saturated carbocycles. The van der Waals surface area contributed by atoms with E-state index < -0.39 is 12.0 Å². The Hall–Kier alpha value is -3.51. The zero-order valence-electron chi connectivity index (χ0n) is 18.9. The van der Waals surface area contributed by atoms with Crippen molar-refractivity contribution in [3.8, 4) is 17.2 Å². The van der Waals surface area contributed by atoms with Crippen LogP contribution in [0.2, 0.25) is 0 Å². The zero-order valence-corrected chi connectivity index (χ0v) is 18.9. The van der Waals surface area contributed by atoms with Crippen molar-refractivity contribution in [2.45, 2.75) is 31.5 Å². The Morgan fingerprint density at radius 2 is 1.73 bits per heavy atom. The van der Waals surface area contributed by atoms with Crippen molar-refractivity contribution in [3.63, 3.8) is 0 Å². The molecule has 1 aliphatic rings. The molecule has 3 aromatic carbocycles. The lowest BCUT2D eigenvalue weighted by Crippen LogP contribution is -2.39. The second-order valence-corrected chi connectivity index (χ2v) is 8.10. The minimum Gasteiger partial charge on any atom is -0.493 e. The molecule has 1 fully saturated rings. The molecule has 0 radical (unpaired) electrons. The lowest BCUT2D eigenvalue weighted by Gasteiger charge is -2.32. The maximum absolute atomic E-state index is 12.0. The van der Waals surface area contributed by atoms with Crippen LogP contribution in [0.25, 0.3) is 0 Å². The van der Waals surface area contributed by atoms with E-state index >= 15 is 0 Å². The first-order valence-corrected chi connectivity index (χ1v) is 11.1. The number of methoxy groups -OCH3 is 2. The first-order chi connectivity index (χ1) is 16.1. The smallest absolute Gasteiger partial charge is 0.320 e. The number of hydrogen-bond donors (Lipinski definition) is 1. The van der Waals surface area contributed by atoms with Crippen LogP contribution in [0.15, 0.2) is 72.8 Å². The van der Waals surface area contributed by atoms with Crippen LogP contribution >= 0.6 is 0 Å². The number of rotatable bonds is 9. The third-order valence-electron chi connectivity index (χ3n) is 6.06. The Morgan fingerprint density at radius 1 is 0.970 bits per heavy atom. The van der Waals surface area contributed by atoms with Crippen LogP contribution in [0.3, 0.4) is 0 Å². The van der Waals surface area contributed by atoms with Gasteiger partial charge >= 0.3 is 5.97 Å². The molecule has 2 atom stereocenters. The van der Waals surface area contributed by atoms with Gasteiger partial charge < -0.3 is 19.3 Å². The fourth-order valence-corrected chi connectivity index (χ4v) is 4.48. The van der Waals surface area contributed by atoms with Gasteiger partial charge in [-0.2, -0.15) is 0 Å². The Morgan fingerprint density at radius 3 is 2.45 bits per heavy atom. The Kier molecular flexibility index (Phi) is 7.15. The van der Waals surface area contributed by atoms with E-state index in [1.54, 1.807) is 14.2 Å². The van der Waals surface area contributed by atoms with E-state index in [9.17, 15) is 9.90 Å². The van der Waals surface area contributed by atoms with E-state index in [2.05, 4.69) is 4.90 Å². The molecule has 0 amide bonds. The highest BCUT2D eigenvalue weighted by atomic mass is 16.5. The van der Waals surface area contributed by atoms with Gasteiger partial charge in [-0.25, -0.2) is 0 Å². The Labute approximate surface area is 194 Å². The summed E-state index contributed by atoms with van der Waals surface area (Å²) in [5, 5.41) is 9.86. The average molecular weight is 448 g/mol. The molecule has 2 unspecified atom stereocenters. The minimum absolute atomic E-state index is 0.256. The molecule has 1 saturated heterocycles. The van der Waals surface area contributed by atoms with Crippen molar-refractivity contribution >= 4 is 5.97 Å². The number of likely N-dealkylation sites (tertiary alicyclic amines) is 1. The van der Waals surface area contributed by atoms with Crippen molar-refractivity contribution in [2.24, 2.45) is 0 Å². The summed E-state index contributed by atoms with van der Waals surface area (Å²) in [5.41, 5.74) is 3.01. The molecule has 3 aromatic rings. The SMILES string of the molecule is COc1ccc(C(c2cccc(OCc3ccccc3)c2)N2CCCC2C(=O)O)cc1OC. The van der Waals surface area contributed by atoms with Crippen LogP contribution in [0.4, 0.5) is 0 Å². The number of carboxylic acids is 1. The van der Waals surface area contributed by atoms with Gasteiger partial charge in [0.2, 0.25) is 0 Å². The van der Waals surface area contributed by atoms with Gasteiger partial charge in [0.15, 0.2) is 11.5 Å². The van der Waals surface area contributed by atoms with Gasteiger partial charge in [-0.1, -0.05) is 48.5 Å². The van der Waals surface area contributed by atoms with E-state index in [0.717, 1.165) is 28.9 Å². The van der Waals surface area contributed by atoms with E-state index in [1.807, 2.05) is 72.8 Å². The Bertz CT molecular complexity index is 1080. The standard InChI is InChI=1S/C27H29NO5/c1-31-24-14-13-21(17-25(24)32-2)26(28-15-7-12-23(28)27(29)30)20-10-6-11-22(16-20)33-18-19-8-4-3-5-9-19/h3-6,8-11,13-14,16-17,23,26H,7,12,15,18H2,1-2H3,(H,29,30). The average Bonchev–Trinajstić information content (AvgIpc) is 3.33. The van der Waals surface area contributed by atoms with Crippen LogP contribution in [0, 0.1) is 0 Å². The molecule has 0 spiro atoms. The lowest BCUT2D eigenvalue weighted by atomic mass is 9.95. The number of aliphatic carboxylic acids is 1. The van der Waals surface area contributed by atoms with Gasteiger partial charge in [0.05, 0.1) is 20.3 Å². The predicted molar refractivity (Wildman–Crippen MR) is 126 cm³/mol. The molecule has 6 heteroatoms. The molecule has 0 aromatic heterocycles. The molecule has 0 aliphatic carbocycles. The number of ether oxygens (including phenoxy) is 3. The van der Waals surface area contributed by atoms with E-state index in [0.29, 0.717) is 31.1 Å². The monoisotopic (exact) mass is 447 g/mol. The van der Waals surface area contributed by atoms with Crippen LogP contribution in [-0.4, -0.2) is 42.8 Å². The maximum Gasteiger partial charge on any atom is 0.320 e. The largest absolute Gasteiger partial charge is 0.493 e. The number of carbonyl (C=O) groups is 1. The number of carboxylic acid groups (broad SMARTS) is 1. The summed E-state index contributed by atoms with van der Waals surface area (Å²) in [4.78, 5) is 14.1. The van der Waals surface area contributed by atoms with Gasteiger partial charge in [-0.3, -0.25) is 9.69 Å². The fourth-order valence-electron chi connectivity index (χ4n) is 4.48. The van der Waals surface area contributed by atoms with Gasteiger partial charge in [0.25, 0.3) is 0 Å². The number of nitrogens with zero attached hydrogens (tertiary/aromatic N) is 1. The molecule has 0 bridgehead atoms. The molecule has 1 aliphatic heterocycles. The topological polar surface area (TPSA) is 68.2 Å². The van der Waals surface area contributed by atoms with Gasteiger partial charge in [0.1, 0.15) is 18.4 Å². The summed E-state index contributed by atoms with van der Waals surface area (Å²) in [7, 11) is 3.20. The van der Waals surface area contributed by atoms with Crippen molar-refractivity contribution in [1.82, 2.24) is 4.90 Å². The van der Waals surface area contributed by atoms with Gasteiger partial charge in [-0.05, 0) is 53.8 Å². The van der Waals surface area contributed by atoms with Gasteiger partial charge in [-0.15, -0.1) is 0 Å². The molecule has 6 nitrogen and oxygen atoms in total. The maximum atomic E-state index is 12.0. The predicted octanol–water partition coefficient (Wildman–Crippen LogP) is 4.92. The quantitative estimate of drug-likeness (QED) is 0.502. The summed E-state index contributed by atoms with van der Waals surface area (Å²) in [6.07, 6.45) is 1.47. The highest BCUT2D eigenvalue weighted by molar-refractivity contribution is 5.74. The molecule has 172 valence electrons. The fraction of sp³-hybridized carbons (Fsp3) is 0.296. The highest BCUT2D eigenvalue weighted by Crippen LogP contribution is 2.39. The molecule has 1 N–H and O–H groups in total. The van der Waals surface area contributed by atoms with Crippen LogP contribution < -0.4 is 14.2 Å². The van der Waals surface area contributed by atoms with E-state index in [1.165, 1.54) is 0 Å². The summed E-state index contributed by atoms with van der Waals surface area (Å²) in [6, 6.07) is 22.9.